The molecule has 0 saturated carbocycles. The number of allylic oxidation sites excluding steroid dienone is 1. The van der Waals surface area contributed by atoms with E-state index in [2.05, 4.69) is 5.32 Å². The van der Waals surface area contributed by atoms with Crippen LogP contribution >= 0.6 is 0 Å². The van der Waals surface area contributed by atoms with Crippen molar-refractivity contribution < 1.29 is 14.6 Å². The summed E-state index contributed by atoms with van der Waals surface area (Å²) in [4.78, 5) is 12.4. The molecule has 0 bridgehead atoms. The van der Waals surface area contributed by atoms with Gasteiger partial charge in [0.05, 0.1) is 11.4 Å². The van der Waals surface area contributed by atoms with Gasteiger partial charge in [-0.3, -0.25) is 0 Å². The zero-order valence-electron chi connectivity index (χ0n) is 8.88. The summed E-state index contributed by atoms with van der Waals surface area (Å²) in [5.41, 5.74) is 3.10. The van der Waals surface area contributed by atoms with E-state index >= 15 is 0 Å². The smallest absolute Gasteiger partial charge is 0.449 e. The SMILES string of the molecule is O=C(O)OC1=CN2C=CNc3cccc(c32)C1. The van der Waals surface area contributed by atoms with E-state index in [0.29, 0.717) is 12.2 Å². The van der Waals surface area contributed by atoms with Crippen molar-refractivity contribution in [3.8, 4) is 0 Å². The van der Waals surface area contributed by atoms with Crippen molar-refractivity contribution in [3.05, 3.63) is 48.1 Å². The molecule has 1 aromatic rings. The molecular weight excluding hydrogens is 220 g/mol. The molecule has 2 aliphatic heterocycles. The fourth-order valence-corrected chi connectivity index (χ4v) is 2.11. The molecule has 2 heterocycles. The van der Waals surface area contributed by atoms with E-state index in [1.165, 1.54) is 0 Å². The summed E-state index contributed by atoms with van der Waals surface area (Å²) in [6, 6.07) is 5.87. The maximum Gasteiger partial charge on any atom is 0.511 e. The van der Waals surface area contributed by atoms with Crippen molar-refractivity contribution in [1.82, 2.24) is 0 Å². The third-order valence-electron chi connectivity index (χ3n) is 2.72. The van der Waals surface area contributed by atoms with Crippen LogP contribution in [0.3, 0.4) is 0 Å². The Morgan fingerprint density at radius 3 is 3.18 bits per heavy atom. The van der Waals surface area contributed by atoms with E-state index in [1.807, 2.05) is 29.3 Å². The van der Waals surface area contributed by atoms with E-state index < -0.39 is 6.16 Å². The second kappa shape index (κ2) is 3.55. The molecule has 0 radical (unpaired) electrons. The lowest BCUT2D eigenvalue weighted by molar-refractivity contribution is 0.116. The lowest BCUT2D eigenvalue weighted by Gasteiger charge is -2.30. The summed E-state index contributed by atoms with van der Waals surface area (Å²) < 4.78 is 4.73. The maximum absolute atomic E-state index is 10.5. The van der Waals surface area contributed by atoms with Gasteiger partial charge in [0.25, 0.3) is 0 Å². The number of nitrogens with one attached hydrogen (secondary N) is 1. The van der Waals surface area contributed by atoms with Crippen LogP contribution in [0.2, 0.25) is 0 Å². The number of hydrogen-bond donors (Lipinski definition) is 2. The molecule has 0 spiro atoms. The number of hydrogen-bond acceptors (Lipinski definition) is 4. The molecule has 2 aliphatic rings. The van der Waals surface area contributed by atoms with Crippen LogP contribution < -0.4 is 10.2 Å². The lowest BCUT2D eigenvalue weighted by atomic mass is 10.0. The monoisotopic (exact) mass is 230 g/mol. The van der Waals surface area contributed by atoms with Gasteiger partial charge in [-0.05, 0) is 11.6 Å². The Morgan fingerprint density at radius 2 is 2.35 bits per heavy atom. The number of carboxylic acid groups (broad SMARTS) is 1. The standard InChI is InChI=1S/C12H10N2O3/c15-12(16)17-9-6-8-2-1-3-10-11(8)14(7-9)5-4-13-10/h1-5,7,13H,6H2,(H,15,16). The lowest BCUT2D eigenvalue weighted by Crippen LogP contribution is -2.22. The van der Waals surface area contributed by atoms with Crippen molar-refractivity contribution in [2.45, 2.75) is 6.42 Å². The molecule has 3 rings (SSSR count). The highest BCUT2D eigenvalue weighted by Crippen LogP contribution is 2.38. The Balaban J connectivity index is 2.03. The first-order chi connectivity index (χ1) is 8.24. The fraction of sp³-hybridized carbons (Fsp3) is 0.0833. The van der Waals surface area contributed by atoms with E-state index in [4.69, 9.17) is 9.84 Å². The average Bonchev–Trinajstić information content (AvgIpc) is 2.28. The third-order valence-corrected chi connectivity index (χ3v) is 2.72. The van der Waals surface area contributed by atoms with Crippen LogP contribution in [0, 0.1) is 0 Å². The molecular formula is C12H10N2O3. The van der Waals surface area contributed by atoms with E-state index in [0.717, 1.165) is 16.9 Å². The van der Waals surface area contributed by atoms with Gasteiger partial charge in [-0.15, -0.1) is 0 Å². The minimum absolute atomic E-state index is 0.425. The minimum atomic E-state index is -1.28. The molecule has 0 amide bonds. The third kappa shape index (κ3) is 1.61. The Bertz CT molecular complexity index is 549. The first kappa shape index (κ1) is 9.77. The molecule has 0 fully saturated rings. The molecule has 0 aromatic heterocycles. The fourth-order valence-electron chi connectivity index (χ4n) is 2.11. The summed E-state index contributed by atoms with van der Waals surface area (Å²) in [7, 11) is 0. The molecule has 0 aliphatic carbocycles. The van der Waals surface area contributed by atoms with Crippen LogP contribution in [0.15, 0.2) is 42.6 Å². The Labute approximate surface area is 97.6 Å². The molecule has 5 nitrogen and oxygen atoms in total. The van der Waals surface area contributed by atoms with Crippen LogP contribution in [0.5, 0.6) is 0 Å². The summed E-state index contributed by atoms with van der Waals surface area (Å²) in [6.45, 7) is 0. The van der Waals surface area contributed by atoms with Gasteiger partial charge < -0.3 is 20.1 Å². The Morgan fingerprint density at radius 1 is 1.47 bits per heavy atom. The number of para-hydroxylation sites is 1. The first-order valence-corrected chi connectivity index (χ1v) is 5.19. The molecule has 86 valence electrons. The molecule has 0 saturated heterocycles. The van der Waals surface area contributed by atoms with E-state index in [-0.39, 0.29) is 0 Å². The summed E-state index contributed by atoms with van der Waals surface area (Å²) in [6.07, 6.45) is 4.52. The number of anilines is 2. The average molecular weight is 230 g/mol. The summed E-state index contributed by atoms with van der Waals surface area (Å²) in [5, 5.41) is 11.8. The topological polar surface area (TPSA) is 61.8 Å². The van der Waals surface area contributed by atoms with Crippen LogP contribution in [0.1, 0.15) is 5.56 Å². The molecule has 1 aromatic carbocycles. The number of rotatable bonds is 1. The van der Waals surface area contributed by atoms with Crippen LogP contribution in [0.4, 0.5) is 16.2 Å². The van der Waals surface area contributed by atoms with Gasteiger partial charge >= 0.3 is 6.16 Å². The second-order valence-corrected chi connectivity index (χ2v) is 3.82. The highest BCUT2D eigenvalue weighted by molar-refractivity contribution is 5.80. The van der Waals surface area contributed by atoms with E-state index in [1.54, 1.807) is 12.4 Å². The largest absolute Gasteiger partial charge is 0.511 e. The Hall–Kier alpha value is -2.43. The zero-order valence-corrected chi connectivity index (χ0v) is 8.88. The normalized spacial score (nSPS) is 15.8. The van der Waals surface area contributed by atoms with Gasteiger partial charge in [-0.25, -0.2) is 4.79 Å². The molecule has 17 heavy (non-hydrogen) atoms. The number of nitrogens with zero attached hydrogens (tertiary/aromatic N) is 1. The van der Waals surface area contributed by atoms with Gasteiger partial charge in [0.15, 0.2) is 0 Å². The molecule has 2 N–H and O–H groups in total. The van der Waals surface area contributed by atoms with Crippen molar-refractivity contribution in [1.29, 1.82) is 0 Å². The minimum Gasteiger partial charge on any atom is -0.449 e. The molecule has 5 heteroatoms. The Kier molecular flexibility index (Phi) is 2.04. The first-order valence-electron chi connectivity index (χ1n) is 5.19. The van der Waals surface area contributed by atoms with Crippen molar-refractivity contribution in [2.24, 2.45) is 0 Å². The van der Waals surface area contributed by atoms with Crippen molar-refractivity contribution in [3.63, 3.8) is 0 Å². The highest BCUT2D eigenvalue weighted by atomic mass is 16.7. The summed E-state index contributed by atoms with van der Waals surface area (Å²) in [5.74, 6) is 0.425. The van der Waals surface area contributed by atoms with E-state index in [9.17, 15) is 4.79 Å². The number of benzene rings is 1. The van der Waals surface area contributed by atoms with Crippen molar-refractivity contribution >= 4 is 17.5 Å². The van der Waals surface area contributed by atoms with Crippen LogP contribution in [-0.4, -0.2) is 11.3 Å². The van der Waals surface area contributed by atoms with Gasteiger partial charge in [0.2, 0.25) is 0 Å². The zero-order chi connectivity index (χ0) is 11.8. The van der Waals surface area contributed by atoms with Gasteiger partial charge in [0, 0.05) is 25.0 Å². The van der Waals surface area contributed by atoms with Crippen LogP contribution in [-0.2, 0) is 11.2 Å². The second-order valence-electron chi connectivity index (χ2n) is 3.82. The maximum atomic E-state index is 10.5. The quantitative estimate of drug-likeness (QED) is 0.726. The molecule has 0 unspecified atom stereocenters. The van der Waals surface area contributed by atoms with Crippen molar-refractivity contribution in [2.75, 3.05) is 10.2 Å². The number of carbonyl (C=O) groups is 1. The predicted molar refractivity (Wildman–Crippen MR) is 62.6 cm³/mol. The highest BCUT2D eigenvalue weighted by Gasteiger charge is 2.23. The van der Waals surface area contributed by atoms with Gasteiger partial charge in [-0.1, -0.05) is 12.1 Å². The number of ether oxygens (including phenoxy) is 1. The van der Waals surface area contributed by atoms with Gasteiger partial charge in [0.1, 0.15) is 5.76 Å². The predicted octanol–water partition coefficient (Wildman–Crippen LogP) is 2.48. The van der Waals surface area contributed by atoms with Crippen LogP contribution in [0.25, 0.3) is 0 Å². The molecule has 0 atom stereocenters. The summed E-state index contributed by atoms with van der Waals surface area (Å²) >= 11 is 0. The van der Waals surface area contributed by atoms with Gasteiger partial charge in [-0.2, -0.15) is 0 Å².